The number of piperazine rings is 1. The van der Waals surface area contributed by atoms with Crippen LogP contribution in [0, 0.1) is 0 Å². The molecule has 2 fully saturated rings. The molecule has 0 spiro atoms. The Kier molecular flexibility index (Phi) is 7.14. The summed E-state index contributed by atoms with van der Waals surface area (Å²) in [5, 5.41) is 3.31. The molecule has 1 aromatic carbocycles. The average Bonchev–Trinajstić information content (AvgIpc) is 3.04. The minimum absolute atomic E-state index is 0. The second-order valence-electron chi connectivity index (χ2n) is 6.44. The van der Waals surface area contributed by atoms with Crippen LogP contribution in [0.4, 0.5) is 13.2 Å². The highest BCUT2D eigenvalue weighted by atomic mass is 35.5. The van der Waals surface area contributed by atoms with Crippen molar-refractivity contribution in [2.75, 3.05) is 39.3 Å². The Labute approximate surface area is 156 Å². The van der Waals surface area contributed by atoms with Crippen LogP contribution in [0.1, 0.15) is 12.0 Å². The fraction of sp³-hybridized carbons (Fsp3) is 0.588. The first-order valence-electron chi connectivity index (χ1n) is 8.48. The number of amides is 1. The highest BCUT2D eigenvalue weighted by Crippen LogP contribution is 2.24. The van der Waals surface area contributed by atoms with Gasteiger partial charge in [-0.2, -0.15) is 0 Å². The van der Waals surface area contributed by atoms with Crippen molar-refractivity contribution >= 4 is 18.3 Å². The molecule has 0 radical (unpaired) electrons. The molecule has 26 heavy (non-hydrogen) atoms. The number of benzene rings is 1. The predicted octanol–water partition coefficient (Wildman–Crippen LogP) is 2.06. The fourth-order valence-corrected chi connectivity index (χ4v) is 3.45. The van der Waals surface area contributed by atoms with Gasteiger partial charge in [0.15, 0.2) is 0 Å². The van der Waals surface area contributed by atoms with Gasteiger partial charge in [-0.05, 0) is 24.1 Å². The number of alkyl halides is 3. The van der Waals surface area contributed by atoms with E-state index in [4.69, 9.17) is 0 Å². The van der Waals surface area contributed by atoms with Gasteiger partial charge in [0.1, 0.15) is 5.75 Å². The number of nitrogens with one attached hydrogen (secondary N) is 1. The van der Waals surface area contributed by atoms with Gasteiger partial charge in [-0.15, -0.1) is 25.6 Å². The first-order valence-corrected chi connectivity index (χ1v) is 8.48. The van der Waals surface area contributed by atoms with E-state index in [9.17, 15) is 18.0 Å². The molecule has 0 aromatic heterocycles. The van der Waals surface area contributed by atoms with Crippen molar-refractivity contribution in [1.29, 1.82) is 0 Å². The second kappa shape index (κ2) is 8.92. The molecule has 2 saturated heterocycles. The van der Waals surface area contributed by atoms with E-state index >= 15 is 0 Å². The zero-order chi connectivity index (χ0) is 17.9. The number of ether oxygens (including phenoxy) is 1. The van der Waals surface area contributed by atoms with Gasteiger partial charge in [0.25, 0.3) is 0 Å². The summed E-state index contributed by atoms with van der Waals surface area (Å²) in [6.07, 6.45) is -3.69. The Hall–Kier alpha value is -1.51. The van der Waals surface area contributed by atoms with E-state index in [1.807, 2.05) is 4.90 Å². The number of likely N-dealkylation sites (tertiary alicyclic amines) is 1. The van der Waals surface area contributed by atoms with Gasteiger partial charge >= 0.3 is 6.36 Å². The number of nitrogens with zero attached hydrogens (tertiary/aromatic N) is 2. The highest BCUT2D eigenvalue weighted by Gasteiger charge is 2.32. The molecule has 1 N–H and O–H groups in total. The summed E-state index contributed by atoms with van der Waals surface area (Å²) in [5.41, 5.74) is 0.525. The molecule has 1 aromatic rings. The Bertz CT molecular complexity index is 609. The van der Waals surface area contributed by atoms with Crippen LogP contribution >= 0.6 is 12.4 Å². The van der Waals surface area contributed by atoms with Gasteiger partial charge in [0.2, 0.25) is 5.91 Å². The SMILES string of the molecule is Cl.O=C(Cc1cccc(OC(F)(F)F)c1)N1CCC(N2CCNCC2)C1. The molecule has 2 aliphatic rings. The van der Waals surface area contributed by atoms with Crippen molar-refractivity contribution in [1.82, 2.24) is 15.1 Å². The van der Waals surface area contributed by atoms with Gasteiger partial charge in [-0.3, -0.25) is 9.69 Å². The molecule has 0 aliphatic carbocycles. The number of hydrogen-bond acceptors (Lipinski definition) is 4. The standard InChI is InChI=1S/C17H22F3N3O2.ClH/c18-17(19,20)25-15-3-1-2-13(10-15)11-16(24)23-7-4-14(12-23)22-8-5-21-6-9-22;/h1-3,10,14,21H,4-9,11-12H2;1H. The summed E-state index contributed by atoms with van der Waals surface area (Å²) < 4.78 is 40.8. The van der Waals surface area contributed by atoms with E-state index in [0.29, 0.717) is 24.7 Å². The van der Waals surface area contributed by atoms with Crippen LogP contribution in [0.3, 0.4) is 0 Å². The average molecular weight is 394 g/mol. The Morgan fingerprint density at radius 3 is 2.65 bits per heavy atom. The maximum atomic E-state index is 12.5. The van der Waals surface area contributed by atoms with E-state index in [2.05, 4.69) is 15.0 Å². The summed E-state index contributed by atoms with van der Waals surface area (Å²) in [7, 11) is 0. The molecule has 1 atom stereocenters. The number of carbonyl (C=O) groups is 1. The number of rotatable bonds is 4. The zero-order valence-electron chi connectivity index (χ0n) is 14.3. The van der Waals surface area contributed by atoms with Crippen molar-refractivity contribution in [3.05, 3.63) is 29.8 Å². The lowest BCUT2D eigenvalue weighted by Gasteiger charge is -2.32. The van der Waals surface area contributed by atoms with Crippen LogP contribution in [-0.2, 0) is 11.2 Å². The minimum Gasteiger partial charge on any atom is -0.406 e. The first kappa shape index (κ1) is 20.8. The third kappa shape index (κ3) is 5.75. The molecular weight excluding hydrogens is 371 g/mol. The quantitative estimate of drug-likeness (QED) is 0.850. The number of carbonyl (C=O) groups excluding carboxylic acids is 1. The summed E-state index contributed by atoms with van der Waals surface area (Å²) in [4.78, 5) is 16.7. The number of hydrogen-bond donors (Lipinski definition) is 1. The van der Waals surface area contributed by atoms with E-state index in [1.54, 1.807) is 6.07 Å². The van der Waals surface area contributed by atoms with E-state index in [1.165, 1.54) is 18.2 Å². The van der Waals surface area contributed by atoms with Crippen LogP contribution in [0.5, 0.6) is 5.75 Å². The molecule has 5 nitrogen and oxygen atoms in total. The topological polar surface area (TPSA) is 44.8 Å². The molecule has 0 bridgehead atoms. The lowest BCUT2D eigenvalue weighted by Crippen LogP contribution is -2.49. The molecule has 2 heterocycles. The maximum absolute atomic E-state index is 12.5. The van der Waals surface area contributed by atoms with Crippen LogP contribution in [0.15, 0.2) is 24.3 Å². The van der Waals surface area contributed by atoms with Crippen molar-refractivity contribution in [3.63, 3.8) is 0 Å². The largest absolute Gasteiger partial charge is 0.573 e. The van der Waals surface area contributed by atoms with Gasteiger partial charge in [-0.1, -0.05) is 12.1 Å². The minimum atomic E-state index is -4.73. The first-order chi connectivity index (χ1) is 11.9. The van der Waals surface area contributed by atoms with Crippen molar-refractivity contribution in [2.24, 2.45) is 0 Å². The van der Waals surface area contributed by atoms with Crippen molar-refractivity contribution in [3.8, 4) is 5.75 Å². The van der Waals surface area contributed by atoms with Crippen LogP contribution in [-0.4, -0.2) is 67.4 Å². The van der Waals surface area contributed by atoms with Gasteiger partial charge in [-0.25, -0.2) is 0 Å². The highest BCUT2D eigenvalue weighted by molar-refractivity contribution is 5.85. The van der Waals surface area contributed by atoms with Gasteiger partial charge in [0, 0.05) is 45.3 Å². The maximum Gasteiger partial charge on any atom is 0.573 e. The Balaban J connectivity index is 0.00000243. The normalized spacial score (nSPS) is 21.3. The molecule has 146 valence electrons. The van der Waals surface area contributed by atoms with Crippen molar-refractivity contribution < 1.29 is 22.7 Å². The molecule has 1 amide bonds. The third-order valence-electron chi connectivity index (χ3n) is 4.67. The molecule has 2 aliphatic heterocycles. The van der Waals surface area contributed by atoms with E-state index in [0.717, 1.165) is 32.6 Å². The Morgan fingerprint density at radius 2 is 1.96 bits per heavy atom. The lowest BCUT2D eigenvalue weighted by molar-refractivity contribution is -0.274. The van der Waals surface area contributed by atoms with Crippen molar-refractivity contribution in [2.45, 2.75) is 25.2 Å². The van der Waals surface area contributed by atoms with Gasteiger partial charge in [0.05, 0.1) is 6.42 Å². The van der Waals surface area contributed by atoms with E-state index in [-0.39, 0.29) is 30.5 Å². The molecular formula is C17H23ClF3N3O2. The summed E-state index contributed by atoms with van der Waals surface area (Å²) in [5.74, 6) is -0.347. The predicted molar refractivity (Wildman–Crippen MR) is 93.5 cm³/mol. The smallest absolute Gasteiger partial charge is 0.406 e. The summed E-state index contributed by atoms with van der Waals surface area (Å²) in [6.45, 7) is 5.31. The number of halogens is 4. The molecule has 0 saturated carbocycles. The lowest BCUT2D eigenvalue weighted by atomic mass is 10.1. The molecule has 3 rings (SSSR count). The summed E-state index contributed by atoms with van der Waals surface area (Å²) >= 11 is 0. The van der Waals surface area contributed by atoms with E-state index < -0.39 is 6.36 Å². The van der Waals surface area contributed by atoms with Crippen LogP contribution < -0.4 is 10.1 Å². The van der Waals surface area contributed by atoms with Crippen LogP contribution in [0.25, 0.3) is 0 Å². The molecule has 1 unspecified atom stereocenters. The Morgan fingerprint density at radius 1 is 1.23 bits per heavy atom. The second-order valence-corrected chi connectivity index (χ2v) is 6.44. The monoisotopic (exact) mass is 393 g/mol. The zero-order valence-corrected chi connectivity index (χ0v) is 15.1. The third-order valence-corrected chi connectivity index (χ3v) is 4.67. The molecule has 9 heteroatoms. The fourth-order valence-electron chi connectivity index (χ4n) is 3.45. The van der Waals surface area contributed by atoms with Crippen LogP contribution in [0.2, 0.25) is 0 Å². The van der Waals surface area contributed by atoms with Gasteiger partial charge < -0.3 is 15.0 Å². The summed E-state index contributed by atoms with van der Waals surface area (Å²) in [6, 6.07) is 6.00.